The first-order valence-electron chi connectivity index (χ1n) is 10.6. The molecule has 1 aliphatic carbocycles. The normalized spacial score (nSPS) is 18.0. The van der Waals surface area contributed by atoms with Gasteiger partial charge in [0.2, 0.25) is 0 Å². The Morgan fingerprint density at radius 3 is 2.29 bits per heavy atom. The van der Waals surface area contributed by atoms with Gasteiger partial charge in [-0.3, -0.25) is 4.79 Å². The van der Waals surface area contributed by atoms with Gasteiger partial charge < -0.3 is 19.3 Å². The number of benzene rings is 2. The summed E-state index contributed by atoms with van der Waals surface area (Å²) >= 11 is 0. The lowest BCUT2D eigenvalue weighted by Gasteiger charge is -2.30. The third kappa shape index (κ3) is 5.16. The molecular weight excluding hydrogens is 392 g/mol. The van der Waals surface area contributed by atoms with E-state index in [9.17, 15) is 4.79 Å². The van der Waals surface area contributed by atoms with Crippen molar-refractivity contribution < 1.29 is 24.1 Å². The van der Waals surface area contributed by atoms with Crippen molar-refractivity contribution in [3.63, 3.8) is 0 Å². The summed E-state index contributed by atoms with van der Waals surface area (Å²) in [6, 6.07) is 15.5. The number of carboxylic acid groups (broad SMARTS) is 1. The van der Waals surface area contributed by atoms with Crippen molar-refractivity contribution >= 4 is 11.5 Å². The molecule has 1 fully saturated rings. The first-order chi connectivity index (χ1) is 15.1. The van der Waals surface area contributed by atoms with Gasteiger partial charge >= 0.3 is 5.97 Å². The van der Waals surface area contributed by atoms with Crippen LogP contribution in [0.3, 0.4) is 0 Å². The van der Waals surface area contributed by atoms with Crippen LogP contribution < -0.4 is 4.74 Å². The number of hydrogen-bond donors (Lipinski definition) is 1. The average molecular weight is 418 g/mol. The van der Waals surface area contributed by atoms with Gasteiger partial charge in [-0.25, -0.2) is 0 Å². The van der Waals surface area contributed by atoms with Crippen LogP contribution in [0.1, 0.15) is 49.7 Å². The van der Waals surface area contributed by atoms with Gasteiger partial charge in [-0.15, -0.1) is 5.92 Å². The standard InChI is InChI=1S/C26H26O5/c1-2-3-22(18-25(27)28)20-6-10-24(11-7-20)31-23-8-4-19(5-9-23)21-12-14-26(15-13-21)29-16-17-30-26/h4-12,22H,13-18H2,1H3,(H,27,28). The molecule has 0 radical (unpaired) electrons. The van der Waals surface area contributed by atoms with Gasteiger partial charge in [0, 0.05) is 12.8 Å². The van der Waals surface area contributed by atoms with E-state index in [4.69, 9.17) is 19.3 Å². The molecule has 5 heteroatoms. The average Bonchev–Trinajstić information content (AvgIpc) is 3.23. The summed E-state index contributed by atoms with van der Waals surface area (Å²) in [5, 5.41) is 9.08. The maximum atomic E-state index is 11.1. The van der Waals surface area contributed by atoms with Crippen LogP contribution in [0.5, 0.6) is 11.5 Å². The summed E-state index contributed by atoms with van der Waals surface area (Å²) in [5.74, 6) is 5.64. The van der Waals surface area contributed by atoms with Gasteiger partial charge in [-0.05, 0) is 54.3 Å². The third-order valence-corrected chi connectivity index (χ3v) is 5.69. The molecule has 2 aliphatic rings. The molecule has 1 aliphatic heterocycles. The van der Waals surface area contributed by atoms with Crippen molar-refractivity contribution in [2.24, 2.45) is 0 Å². The van der Waals surface area contributed by atoms with Gasteiger partial charge in [0.1, 0.15) is 11.5 Å². The number of carbonyl (C=O) groups is 1. The minimum atomic E-state index is -0.861. The second kappa shape index (κ2) is 9.38. The smallest absolute Gasteiger partial charge is 0.304 e. The molecule has 1 saturated heterocycles. The number of rotatable bonds is 6. The highest BCUT2D eigenvalue weighted by molar-refractivity contribution is 5.69. The van der Waals surface area contributed by atoms with Crippen LogP contribution in [0.25, 0.3) is 5.57 Å². The fraction of sp³-hybridized carbons (Fsp3) is 0.346. The molecule has 0 aromatic heterocycles. The molecular formula is C26H26O5. The second-order valence-electron chi connectivity index (χ2n) is 7.78. The largest absolute Gasteiger partial charge is 0.481 e. The Balaban J connectivity index is 1.39. The van der Waals surface area contributed by atoms with Crippen LogP contribution in [0.2, 0.25) is 0 Å². The lowest BCUT2D eigenvalue weighted by Crippen LogP contribution is -2.31. The van der Waals surface area contributed by atoms with Crippen LogP contribution in [0.15, 0.2) is 54.6 Å². The molecule has 1 heterocycles. The molecule has 2 aromatic rings. The maximum absolute atomic E-state index is 11.1. The highest BCUT2D eigenvalue weighted by Crippen LogP contribution is 2.38. The second-order valence-corrected chi connectivity index (χ2v) is 7.78. The van der Waals surface area contributed by atoms with E-state index in [1.807, 2.05) is 36.4 Å². The summed E-state index contributed by atoms with van der Waals surface area (Å²) in [6.07, 6.45) is 4.81. The molecule has 160 valence electrons. The lowest BCUT2D eigenvalue weighted by molar-refractivity contribution is -0.159. The molecule has 5 nitrogen and oxygen atoms in total. The first kappa shape index (κ1) is 21.2. The Hall–Kier alpha value is -3.07. The van der Waals surface area contributed by atoms with Crippen molar-refractivity contribution in [2.45, 2.75) is 44.3 Å². The Bertz CT molecular complexity index is 1000. The lowest BCUT2D eigenvalue weighted by atomic mass is 9.90. The zero-order chi connectivity index (χ0) is 21.7. The van der Waals surface area contributed by atoms with E-state index in [1.165, 1.54) is 11.1 Å². The van der Waals surface area contributed by atoms with Crippen molar-refractivity contribution in [3.05, 3.63) is 65.7 Å². The minimum absolute atomic E-state index is 0.0161. The summed E-state index contributed by atoms with van der Waals surface area (Å²) in [7, 11) is 0. The summed E-state index contributed by atoms with van der Waals surface area (Å²) in [4.78, 5) is 11.1. The van der Waals surface area contributed by atoms with Gasteiger partial charge in [0.15, 0.2) is 5.79 Å². The van der Waals surface area contributed by atoms with Gasteiger partial charge in [-0.2, -0.15) is 0 Å². The first-order valence-corrected chi connectivity index (χ1v) is 10.6. The molecule has 4 rings (SSSR count). The Kier molecular flexibility index (Phi) is 6.41. The Labute approximate surface area is 182 Å². The fourth-order valence-corrected chi connectivity index (χ4v) is 4.07. The zero-order valence-electron chi connectivity index (χ0n) is 17.6. The Morgan fingerprint density at radius 1 is 1.10 bits per heavy atom. The van der Waals surface area contributed by atoms with E-state index in [1.54, 1.807) is 6.92 Å². The van der Waals surface area contributed by atoms with Gasteiger partial charge in [0.25, 0.3) is 0 Å². The summed E-state index contributed by atoms with van der Waals surface area (Å²) in [5.41, 5.74) is 3.36. The number of allylic oxidation sites excluding steroid dienone is 1. The molecule has 1 atom stereocenters. The highest BCUT2D eigenvalue weighted by Gasteiger charge is 2.37. The van der Waals surface area contributed by atoms with Crippen LogP contribution in [0, 0.1) is 11.8 Å². The molecule has 1 spiro atoms. The molecule has 1 unspecified atom stereocenters. The molecule has 31 heavy (non-hydrogen) atoms. The SMILES string of the molecule is CC#CC(CC(=O)O)c1ccc(Oc2ccc(C3=CCC4(CC3)OCCO4)cc2)cc1. The summed E-state index contributed by atoms with van der Waals surface area (Å²) in [6.45, 7) is 3.08. The quantitative estimate of drug-likeness (QED) is 0.639. The van der Waals surface area contributed by atoms with Gasteiger partial charge in [0.05, 0.1) is 25.6 Å². The van der Waals surface area contributed by atoms with E-state index < -0.39 is 11.8 Å². The number of aliphatic carboxylic acids is 1. The Morgan fingerprint density at radius 2 is 1.74 bits per heavy atom. The highest BCUT2D eigenvalue weighted by atomic mass is 16.7. The fourth-order valence-electron chi connectivity index (χ4n) is 4.07. The maximum Gasteiger partial charge on any atom is 0.304 e. The molecule has 1 N–H and O–H groups in total. The predicted octanol–water partition coefficient (Wildman–Crippen LogP) is 5.37. The third-order valence-electron chi connectivity index (χ3n) is 5.69. The number of carboxylic acids is 1. The van der Waals surface area contributed by atoms with E-state index in [0.717, 1.165) is 30.6 Å². The van der Waals surface area contributed by atoms with Crippen molar-refractivity contribution in [3.8, 4) is 23.3 Å². The van der Waals surface area contributed by atoms with Crippen LogP contribution >= 0.6 is 0 Å². The number of ether oxygens (including phenoxy) is 3. The molecule has 0 amide bonds. The monoisotopic (exact) mass is 418 g/mol. The molecule has 0 saturated carbocycles. The van der Waals surface area contributed by atoms with Crippen LogP contribution in [0.4, 0.5) is 0 Å². The van der Waals surface area contributed by atoms with Crippen LogP contribution in [-0.4, -0.2) is 30.1 Å². The van der Waals surface area contributed by atoms with Crippen molar-refractivity contribution in [2.75, 3.05) is 13.2 Å². The number of hydrogen-bond acceptors (Lipinski definition) is 4. The van der Waals surface area contributed by atoms with E-state index in [2.05, 4.69) is 30.0 Å². The van der Waals surface area contributed by atoms with Crippen molar-refractivity contribution in [1.82, 2.24) is 0 Å². The van der Waals surface area contributed by atoms with E-state index >= 15 is 0 Å². The zero-order valence-corrected chi connectivity index (χ0v) is 17.6. The van der Waals surface area contributed by atoms with Crippen molar-refractivity contribution in [1.29, 1.82) is 0 Å². The van der Waals surface area contributed by atoms with E-state index in [0.29, 0.717) is 19.0 Å². The molecule has 0 bridgehead atoms. The topological polar surface area (TPSA) is 65.0 Å². The minimum Gasteiger partial charge on any atom is -0.481 e. The summed E-state index contributed by atoms with van der Waals surface area (Å²) < 4.78 is 17.5. The van der Waals surface area contributed by atoms with Crippen LogP contribution in [-0.2, 0) is 14.3 Å². The predicted molar refractivity (Wildman–Crippen MR) is 118 cm³/mol. The van der Waals surface area contributed by atoms with Gasteiger partial charge in [-0.1, -0.05) is 36.3 Å². The molecule has 2 aromatic carbocycles. The van der Waals surface area contributed by atoms with E-state index in [-0.39, 0.29) is 12.3 Å².